The van der Waals surface area contributed by atoms with Gasteiger partial charge in [0, 0.05) is 33.4 Å². The number of aromatic nitrogens is 2. The fraction of sp³-hybridized carbons (Fsp3) is 0.389. The number of amides is 1. The van der Waals surface area contributed by atoms with Crippen LogP contribution in [-0.2, 0) is 0 Å². The Morgan fingerprint density at radius 2 is 2.08 bits per heavy atom. The monoisotopic (exact) mass is 325 g/mol. The number of nitrogens with one attached hydrogen (secondary N) is 1. The van der Waals surface area contributed by atoms with Crippen molar-refractivity contribution in [3.8, 4) is 0 Å². The Bertz CT molecular complexity index is 714. The topological polar surface area (TPSA) is 61.4 Å². The summed E-state index contributed by atoms with van der Waals surface area (Å²) < 4.78 is 0. The summed E-state index contributed by atoms with van der Waals surface area (Å²) >= 11 is 0. The lowest BCUT2D eigenvalue weighted by Gasteiger charge is -2.26. The van der Waals surface area contributed by atoms with Crippen molar-refractivity contribution in [3.05, 3.63) is 47.7 Å². The van der Waals surface area contributed by atoms with Crippen LogP contribution in [0.1, 0.15) is 34.9 Å². The minimum Gasteiger partial charge on any atom is -0.378 e. The summed E-state index contributed by atoms with van der Waals surface area (Å²) in [5.41, 5.74) is 2.82. The molecule has 0 saturated carbocycles. The highest BCUT2D eigenvalue weighted by Crippen LogP contribution is 2.36. The number of anilines is 2. The SMILES string of the molecule is CNC(=O)c1ccc(N2CCCC2c2cccc(N(C)C)c2)nn1. The van der Waals surface area contributed by atoms with Gasteiger partial charge in [-0.15, -0.1) is 10.2 Å². The van der Waals surface area contributed by atoms with E-state index in [1.54, 1.807) is 13.1 Å². The number of hydrogen-bond donors (Lipinski definition) is 1. The van der Waals surface area contributed by atoms with Crippen molar-refractivity contribution in [2.24, 2.45) is 0 Å². The zero-order valence-corrected chi connectivity index (χ0v) is 14.4. The molecular weight excluding hydrogens is 302 g/mol. The molecule has 0 radical (unpaired) electrons. The summed E-state index contributed by atoms with van der Waals surface area (Å²) in [6.45, 7) is 0.949. The third kappa shape index (κ3) is 3.18. The molecule has 6 heteroatoms. The van der Waals surface area contributed by atoms with Crippen molar-refractivity contribution in [3.63, 3.8) is 0 Å². The van der Waals surface area contributed by atoms with Crippen LogP contribution < -0.4 is 15.1 Å². The summed E-state index contributed by atoms with van der Waals surface area (Å²) in [5.74, 6) is 0.603. The Labute approximate surface area is 142 Å². The summed E-state index contributed by atoms with van der Waals surface area (Å²) in [6, 6.07) is 12.5. The molecule has 126 valence electrons. The van der Waals surface area contributed by atoms with Gasteiger partial charge in [-0.25, -0.2) is 0 Å². The maximum absolute atomic E-state index is 11.6. The van der Waals surface area contributed by atoms with E-state index in [0.717, 1.165) is 25.2 Å². The van der Waals surface area contributed by atoms with E-state index in [1.807, 2.05) is 6.07 Å². The molecule has 1 unspecified atom stereocenters. The number of rotatable bonds is 4. The number of carbonyl (C=O) groups excluding carboxylic acids is 1. The molecule has 1 aliphatic rings. The van der Waals surface area contributed by atoms with Crippen molar-refractivity contribution in [2.45, 2.75) is 18.9 Å². The van der Waals surface area contributed by atoms with E-state index in [1.165, 1.54) is 11.3 Å². The fourth-order valence-corrected chi connectivity index (χ4v) is 3.13. The standard InChI is InChI=1S/C18H23N5O/c1-19-18(24)15-9-10-17(21-20-15)23-11-5-8-16(23)13-6-4-7-14(12-13)22(2)3/h4,6-7,9-10,12,16H,5,8,11H2,1-3H3,(H,19,24). The van der Waals surface area contributed by atoms with Crippen LogP contribution in [0.15, 0.2) is 36.4 Å². The van der Waals surface area contributed by atoms with E-state index < -0.39 is 0 Å². The molecule has 3 rings (SSSR count). The van der Waals surface area contributed by atoms with Crippen LogP contribution in [-0.4, -0.2) is 43.8 Å². The Morgan fingerprint density at radius 3 is 2.75 bits per heavy atom. The number of carbonyl (C=O) groups is 1. The van der Waals surface area contributed by atoms with E-state index in [4.69, 9.17) is 0 Å². The van der Waals surface area contributed by atoms with Gasteiger partial charge < -0.3 is 15.1 Å². The van der Waals surface area contributed by atoms with Crippen LogP contribution in [0.3, 0.4) is 0 Å². The highest BCUT2D eigenvalue weighted by atomic mass is 16.1. The van der Waals surface area contributed by atoms with E-state index in [9.17, 15) is 4.79 Å². The molecule has 24 heavy (non-hydrogen) atoms. The van der Waals surface area contributed by atoms with Crippen LogP contribution in [0.2, 0.25) is 0 Å². The van der Waals surface area contributed by atoms with Crippen molar-refractivity contribution in [1.29, 1.82) is 0 Å². The quantitative estimate of drug-likeness (QED) is 0.934. The number of hydrogen-bond acceptors (Lipinski definition) is 5. The molecule has 1 N–H and O–H groups in total. The zero-order chi connectivity index (χ0) is 17.1. The molecule has 0 aliphatic carbocycles. The summed E-state index contributed by atoms with van der Waals surface area (Å²) in [4.78, 5) is 16.0. The predicted octanol–water partition coefficient (Wildman–Crippen LogP) is 2.24. The normalized spacial score (nSPS) is 17.0. The maximum Gasteiger partial charge on any atom is 0.271 e. The molecule has 2 heterocycles. The Morgan fingerprint density at radius 1 is 1.25 bits per heavy atom. The van der Waals surface area contributed by atoms with Crippen LogP contribution in [0.5, 0.6) is 0 Å². The second-order valence-electron chi connectivity index (χ2n) is 6.20. The molecule has 1 aliphatic heterocycles. The van der Waals surface area contributed by atoms with Gasteiger partial charge in [-0.2, -0.15) is 0 Å². The lowest BCUT2D eigenvalue weighted by atomic mass is 10.0. The molecule has 1 atom stereocenters. The predicted molar refractivity (Wildman–Crippen MR) is 95.5 cm³/mol. The Hall–Kier alpha value is -2.63. The van der Waals surface area contributed by atoms with Gasteiger partial charge in [0.15, 0.2) is 11.5 Å². The molecule has 0 bridgehead atoms. The van der Waals surface area contributed by atoms with Gasteiger partial charge in [0.05, 0.1) is 6.04 Å². The molecule has 1 saturated heterocycles. The number of nitrogens with zero attached hydrogens (tertiary/aromatic N) is 4. The van der Waals surface area contributed by atoms with Crippen LogP contribution in [0, 0.1) is 0 Å². The summed E-state index contributed by atoms with van der Waals surface area (Å²) in [7, 11) is 5.69. The van der Waals surface area contributed by atoms with Crippen LogP contribution in [0.25, 0.3) is 0 Å². The van der Waals surface area contributed by atoms with Crippen molar-refractivity contribution in [1.82, 2.24) is 15.5 Å². The van der Waals surface area contributed by atoms with Gasteiger partial charge in [-0.1, -0.05) is 12.1 Å². The van der Waals surface area contributed by atoms with Crippen LogP contribution in [0.4, 0.5) is 11.5 Å². The van der Waals surface area contributed by atoms with Gasteiger partial charge in [0.25, 0.3) is 5.91 Å². The lowest BCUT2D eigenvalue weighted by molar-refractivity contribution is 0.0957. The maximum atomic E-state index is 11.6. The van der Waals surface area contributed by atoms with Gasteiger partial charge in [-0.3, -0.25) is 4.79 Å². The fourth-order valence-electron chi connectivity index (χ4n) is 3.13. The van der Waals surface area contributed by atoms with Gasteiger partial charge in [0.2, 0.25) is 0 Å². The molecule has 1 fully saturated rings. The second-order valence-corrected chi connectivity index (χ2v) is 6.20. The van der Waals surface area contributed by atoms with Crippen molar-refractivity contribution >= 4 is 17.4 Å². The minimum atomic E-state index is -0.217. The Kier molecular flexibility index (Phi) is 4.64. The first-order valence-corrected chi connectivity index (χ1v) is 8.20. The Balaban J connectivity index is 1.85. The highest BCUT2D eigenvalue weighted by Gasteiger charge is 2.27. The van der Waals surface area contributed by atoms with Gasteiger partial charge in [-0.05, 0) is 42.7 Å². The van der Waals surface area contributed by atoms with E-state index in [0.29, 0.717) is 11.7 Å². The average Bonchev–Trinajstić information content (AvgIpc) is 3.11. The first kappa shape index (κ1) is 16.2. The summed E-state index contributed by atoms with van der Waals surface area (Å²) in [5, 5.41) is 10.9. The van der Waals surface area contributed by atoms with E-state index >= 15 is 0 Å². The van der Waals surface area contributed by atoms with E-state index in [-0.39, 0.29) is 5.91 Å². The van der Waals surface area contributed by atoms with Crippen molar-refractivity contribution < 1.29 is 4.79 Å². The zero-order valence-electron chi connectivity index (χ0n) is 14.4. The molecule has 1 aromatic heterocycles. The molecular formula is C18H23N5O. The third-order valence-corrected chi connectivity index (χ3v) is 4.43. The summed E-state index contributed by atoms with van der Waals surface area (Å²) in [6.07, 6.45) is 2.21. The lowest BCUT2D eigenvalue weighted by Crippen LogP contribution is -2.25. The molecule has 1 aromatic carbocycles. The van der Waals surface area contributed by atoms with Gasteiger partial charge >= 0.3 is 0 Å². The second kappa shape index (κ2) is 6.86. The van der Waals surface area contributed by atoms with Crippen LogP contribution >= 0.6 is 0 Å². The minimum absolute atomic E-state index is 0.217. The first-order chi connectivity index (χ1) is 11.6. The smallest absolute Gasteiger partial charge is 0.271 e. The third-order valence-electron chi connectivity index (χ3n) is 4.43. The highest BCUT2D eigenvalue weighted by molar-refractivity contribution is 5.91. The number of benzene rings is 1. The van der Waals surface area contributed by atoms with Crippen molar-refractivity contribution in [2.75, 3.05) is 37.5 Å². The first-order valence-electron chi connectivity index (χ1n) is 8.20. The average molecular weight is 325 g/mol. The largest absolute Gasteiger partial charge is 0.378 e. The molecule has 1 amide bonds. The molecule has 2 aromatic rings. The molecule has 6 nitrogen and oxygen atoms in total. The van der Waals surface area contributed by atoms with E-state index in [2.05, 4.69) is 63.7 Å². The molecule has 0 spiro atoms. The van der Waals surface area contributed by atoms with Gasteiger partial charge in [0.1, 0.15) is 0 Å².